The van der Waals surface area contributed by atoms with E-state index in [1.807, 2.05) is 19.1 Å². The van der Waals surface area contributed by atoms with Crippen molar-refractivity contribution in [2.45, 2.75) is 32.3 Å². The second kappa shape index (κ2) is 9.39. The maximum absolute atomic E-state index is 12.7. The zero-order valence-electron chi connectivity index (χ0n) is 15.9. The van der Waals surface area contributed by atoms with Crippen LogP contribution in [0.5, 0.6) is 11.5 Å². The van der Waals surface area contributed by atoms with Crippen molar-refractivity contribution in [1.29, 1.82) is 0 Å². The van der Waals surface area contributed by atoms with E-state index in [1.165, 1.54) is 0 Å². The number of carbonyl (C=O) groups excluding carboxylic acids is 1. The maximum Gasteiger partial charge on any atom is 0.255 e. The Labute approximate surface area is 160 Å². The van der Waals surface area contributed by atoms with E-state index in [9.17, 15) is 9.90 Å². The summed E-state index contributed by atoms with van der Waals surface area (Å²) in [4.78, 5) is 14.9. The number of hydrogen-bond donors (Lipinski definition) is 3. The zero-order valence-corrected chi connectivity index (χ0v) is 15.9. The molecule has 1 aromatic rings. The summed E-state index contributed by atoms with van der Waals surface area (Å²) in [5, 5.41) is 22.3. The molecule has 2 atom stereocenters. The quantitative estimate of drug-likeness (QED) is 0.612. The van der Waals surface area contributed by atoms with E-state index >= 15 is 0 Å². The Morgan fingerprint density at radius 2 is 2.11 bits per heavy atom. The van der Waals surface area contributed by atoms with Gasteiger partial charge in [0.15, 0.2) is 11.5 Å². The first-order valence-corrected chi connectivity index (χ1v) is 9.78. The minimum absolute atomic E-state index is 0.0424. The van der Waals surface area contributed by atoms with Gasteiger partial charge in [0.2, 0.25) is 0 Å². The normalized spacial score (nSPS) is 22.5. The predicted molar refractivity (Wildman–Crippen MR) is 101 cm³/mol. The largest absolute Gasteiger partial charge is 0.486 e. The van der Waals surface area contributed by atoms with Crippen molar-refractivity contribution in [3.8, 4) is 11.5 Å². The van der Waals surface area contributed by atoms with Gasteiger partial charge in [-0.2, -0.15) is 0 Å². The summed E-state index contributed by atoms with van der Waals surface area (Å²) in [6, 6.07) is 3.69. The Morgan fingerprint density at radius 1 is 1.30 bits per heavy atom. The molecule has 0 saturated carbocycles. The van der Waals surface area contributed by atoms with Crippen LogP contribution in [0.2, 0.25) is 0 Å². The number of aryl methyl sites for hydroxylation is 1. The second-order valence-electron chi connectivity index (χ2n) is 7.39. The standard InChI is InChI=1S/C20H30N2O5/c1-14-10-16(19-18(11-14)26-8-9-27-19)20(25)21-12-15-4-6-22(13-17(15)24)5-2-3-7-23/h10-11,15,17,23-24H,2-9,12-13H2,1H3,(H,21,25). The molecule has 7 heteroatoms. The number of hydrogen-bond acceptors (Lipinski definition) is 6. The van der Waals surface area contributed by atoms with Crippen LogP contribution in [0.1, 0.15) is 35.2 Å². The third kappa shape index (κ3) is 5.12. The molecule has 0 radical (unpaired) electrons. The van der Waals surface area contributed by atoms with Crippen LogP contribution in [0.3, 0.4) is 0 Å². The Bertz CT molecular complexity index is 652. The highest BCUT2D eigenvalue weighted by molar-refractivity contribution is 5.98. The van der Waals surface area contributed by atoms with Crippen LogP contribution in [0.4, 0.5) is 0 Å². The van der Waals surface area contributed by atoms with Crippen LogP contribution >= 0.6 is 0 Å². The summed E-state index contributed by atoms with van der Waals surface area (Å²) in [6.07, 6.45) is 2.11. The number of piperidine rings is 1. The molecule has 2 unspecified atom stereocenters. The van der Waals surface area contributed by atoms with Gasteiger partial charge in [-0.15, -0.1) is 0 Å². The first-order valence-electron chi connectivity index (χ1n) is 9.78. The molecule has 0 spiro atoms. The number of β-amino-alcohol motifs (C(OH)–C–C–N with tert-alkyl or cyclic N) is 1. The van der Waals surface area contributed by atoms with Crippen molar-refractivity contribution in [2.75, 3.05) is 46.0 Å². The molecule has 1 saturated heterocycles. The van der Waals surface area contributed by atoms with Gasteiger partial charge in [0.25, 0.3) is 5.91 Å². The van der Waals surface area contributed by atoms with Gasteiger partial charge >= 0.3 is 0 Å². The molecular weight excluding hydrogens is 348 g/mol. The summed E-state index contributed by atoms with van der Waals surface area (Å²) >= 11 is 0. The second-order valence-corrected chi connectivity index (χ2v) is 7.39. The number of fused-ring (bicyclic) bond motifs is 1. The number of likely N-dealkylation sites (tertiary alicyclic amines) is 1. The van der Waals surface area contributed by atoms with Gasteiger partial charge in [-0.3, -0.25) is 4.79 Å². The number of carbonyl (C=O) groups is 1. The van der Waals surface area contributed by atoms with Crippen molar-refractivity contribution in [3.63, 3.8) is 0 Å². The van der Waals surface area contributed by atoms with Crippen LogP contribution in [0.15, 0.2) is 12.1 Å². The Morgan fingerprint density at radius 3 is 2.89 bits per heavy atom. The molecule has 1 amide bonds. The molecule has 0 aromatic heterocycles. The van der Waals surface area contributed by atoms with Crippen LogP contribution in [0, 0.1) is 12.8 Å². The van der Waals surface area contributed by atoms with E-state index in [0.29, 0.717) is 43.4 Å². The number of benzene rings is 1. The van der Waals surface area contributed by atoms with E-state index < -0.39 is 6.10 Å². The monoisotopic (exact) mass is 378 g/mol. The highest BCUT2D eigenvalue weighted by Gasteiger charge is 2.28. The summed E-state index contributed by atoms with van der Waals surface area (Å²) < 4.78 is 11.2. The fraction of sp³-hybridized carbons (Fsp3) is 0.650. The molecule has 2 heterocycles. The number of amides is 1. The Kier molecular flexibility index (Phi) is 6.93. The highest BCUT2D eigenvalue weighted by atomic mass is 16.6. The number of unbranched alkanes of at least 4 members (excludes halogenated alkanes) is 1. The number of ether oxygens (including phenoxy) is 2. The smallest absolute Gasteiger partial charge is 0.255 e. The molecule has 27 heavy (non-hydrogen) atoms. The molecule has 2 aliphatic rings. The van der Waals surface area contributed by atoms with Gasteiger partial charge in [-0.1, -0.05) is 0 Å². The molecule has 3 N–H and O–H groups in total. The molecule has 1 aromatic carbocycles. The fourth-order valence-corrected chi connectivity index (χ4v) is 3.71. The van der Waals surface area contributed by atoms with Crippen molar-refractivity contribution in [1.82, 2.24) is 10.2 Å². The molecule has 2 aliphatic heterocycles. The molecule has 0 bridgehead atoms. The summed E-state index contributed by atoms with van der Waals surface area (Å²) in [5.41, 5.74) is 1.43. The molecule has 150 valence electrons. The Hall–Kier alpha value is -1.83. The average Bonchev–Trinajstić information content (AvgIpc) is 2.66. The number of nitrogens with zero attached hydrogens (tertiary/aromatic N) is 1. The lowest BCUT2D eigenvalue weighted by molar-refractivity contribution is 0.0212. The van der Waals surface area contributed by atoms with Crippen molar-refractivity contribution >= 4 is 5.91 Å². The van der Waals surface area contributed by atoms with Gasteiger partial charge in [-0.05, 0) is 57.0 Å². The minimum atomic E-state index is -0.459. The van der Waals surface area contributed by atoms with E-state index in [-0.39, 0.29) is 18.4 Å². The third-order valence-corrected chi connectivity index (χ3v) is 5.24. The molecular formula is C20H30N2O5. The summed E-state index contributed by atoms with van der Waals surface area (Å²) in [5.74, 6) is 0.963. The van der Waals surface area contributed by atoms with Crippen molar-refractivity contribution < 1.29 is 24.5 Å². The Balaban J connectivity index is 1.53. The van der Waals surface area contributed by atoms with E-state index in [1.54, 1.807) is 0 Å². The van der Waals surface area contributed by atoms with Crippen molar-refractivity contribution in [3.05, 3.63) is 23.3 Å². The van der Waals surface area contributed by atoms with Gasteiger partial charge < -0.3 is 29.9 Å². The maximum atomic E-state index is 12.7. The lowest BCUT2D eigenvalue weighted by Gasteiger charge is -2.36. The molecule has 7 nitrogen and oxygen atoms in total. The molecule has 1 fully saturated rings. The van der Waals surface area contributed by atoms with Crippen LogP contribution < -0.4 is 14.8 Å². The van der Waals surface area contributed by atoms with Gasteiger partial charge in [0, 0.05) is 25.6 Å². The van der Waals surface area contributed by atoms with Crippen LogP contribution in [0.25, 0.3) is 0 Å². The number of nitrogens with one attached hydrogen (secondary N) is 1. The first-order chi connectivity index (χ1) is 13.1. The number of aliphatic hydroxyl groups excluding tert-OH is 2. The first kappa shape index (κ1) is 19.9. The van der Waals surface area contributed by atoms with Crippen LogP contribution in [-0.4, -0.2) is 73.1 Å². The van der Waals surface area contributed by atoms with Gasteiger partial charge in [0.05, 0.1) is 11.7 Å². The van der Waals surface area contributed by atoms with Gasteiger partial charge in [0.1, 0.15) is 13.2 Å². The number of rotatable bonds is 7. The summed E-state index contributed by atoms with van der Waals surface area (Å²) in [7, 11) is 0. The third-order valence-electron chi connectivity index (χ3n) is 5.24. The van der Waals surface area contributed by atoms with E-state index in [4.69, 9.17) is 14.6 Å². The summed E-state index contributed by atoms with van der Waals surface area (Å²) in [6.45, 7) is 5.90. The SMILES string of the molecule is Cc1cc2c(c(C(=O)NCC3CCN(CCCCO)CC3O)c1)OCCO2. The topological polar surface area (TPSA) is 91.3 Å². The molecule has 3 rings (SSSR count). The van der Waals surface area contributed by atoms with E-state index in [2.05, 4.69) is 10.2 Å². The fourth-order valence-electron chi connectivity index (χ4n) is 3.71. The van der Waals surface area contributed by atoms with E-state index in [0.717, 1.165) is 37.9 Å². The van der Waals surface area contributed by atoms with Gasteiger partial charge in [-0.25, -0.2) is 0 Å². The average molecular weight is 378 g/mol. The lowest BCUT2D eigenvalue weighted by atomic mass is 9.93. The predicted octanol–water partition coefficient (Wildman–Crippen LogP) is 0.951. The highest BCUT2D eigenvalue weighted by Crippen LogP contribution is 2.35. The van der Waals surface area contributed by atoms with Crippen LogP contribution in [-0.2, 0) is 0 Å². The van der Waals surface area contributed by atoms with Crippen molar-refractivity contribution in [2.24, 2.45) is 5.92 Å². The molecule has 0 aliphatic carbocycles. The minimum Gasteiger partial charge on any atom is -0.486 e. The zero-order chi connectivity index (χ0) is 19.2. The lowest BCUT2D eigenvalue weighted by Crippen LogP contribution is -2.47. The number of aliphatic hydroxyl groups is 2.